The maximum absolute atomic E-state index is 6.76. The standard InChI is InChI=1S/C47H42N2O6/c1-50-38-19-7-13-32(25-38)30-11-5-15-34(23-30)44-46(36-17-9-21-40(27-36)52-3)54-42(48-44)29-43-49-45(47(55-43)37-18-10-22-41(28-37)53-4)35-16-6-12-31(24-35)33-14-8-20-39(26-33)51-2/h5-28,44-47H,29H2,1-4H3/t44-,45-,46?,47?/m1/s1. The predicted octanol–water partition coefficient (Wildman–Crippen LogP) is 10.6. The number of benzene rings is 6. The van der Waals surface area contributed by atoms with E-state index in [4.69, 9.17) is 38.4 Å². The molecule has 2 aliphatic heterocycles. The number of hydrogen-bond donors (Lipinski definition) is 0. The van der Waals surface area contributed by atoms with E-state index in [2.05, 4.69) is 72.8 Å². The van der Waals surface area contributed by atoms with Gasteiger partial charge in [-0.15, -0.1) is 0 Å². The Labute approximate surface area is 321 Å². The van der Waals surface area contributed by atoms with Gasteiger partial charge in [0.2, 0.25) is 0 Å². The minimum absolute atomic E-state index is 0.291. The molecule has 8 heteroatoms. The maximum atomic E-state index is 6.76. The van der Waals surface area contributed by atoms with Gasteiger partial charge in [0.25, 0.3) is 0 Å². The molecule has 0 amide bonds. The molecule has 6 aromatic carbocycles. The Morgan fingerprint density at radius 3 is 1.13 bits per heavy atom. The van der Waals surface area contributed by atoms with Crippen molar-refractivity contribution in [1.82, 2.24) is 0 Å². The summed E-state index contributed by atoms with van der Waals surface area (Å²) in [6.45, 7) is 0. The fourth-order valence-corrected chi connectivity index (χ4v) is 7.28. The molecule has 0 saturated carbocycles. The molecule has 2 unspecified atom stereocenters. The van der Waals surface area contributed by atoms with E-state index in [-0.39, 0.29) is 12.1 Å². The summed E-state index contributed by atoms with van der Waals surface area (Å²) in [7, 11) is 6.70. The third-order valence-corrected chi connectivity index (χ3v) is 10.1. The highest BCUT2D eigenvalue weighted by Crippen LogP contribution is 2.45. The summed E-state index contributed by atoms with van der Waals surface area (Å²) in [6.07, 6.45) is -0.492. The molecule has 0 aliphatic carbocycles. The lowest BCUT2D eigenvalue weighted by Crippen LogP contribution is -2.13. The summed E-state index contributed by atoms with van der Waals surface area (Å²) in [5.74, 6) is 4.22. The minimum Gasteiger partial charge on any atom is -0.497 e. The Morgan fingerprint density at radius 2 is 0.727 bits per heavy atom. The molecule has 4 atom stereocenters. The molecule has 276 valence electrons. The van der Waals surface area contributed by atoms with Gasteiger partial charge in [0.15, 0.2) is 24.0 Å². The normalized spacial score (nSPS) is 18.8. The molecule has 0 fully saturated rings. The van der Waals surface area contributed by atoms with Crippen molar-refractivity contribution < 1.29 is 28.4 Å². The van der Waals surface area contributed by atoms with E-state index >= 15 is 0 Å². The van der Waals surface area contributed by atoms with Crippen LogP contribution in [-0.2, 0) is 9.47 Å². The number of nitrogens with zero attached hydrogens (tertiary/aromatic N) is 2. The molecule has 8 nitrogen and oxygen atoms in total. The van der Waals surface area contributed by atoms with Crippen LogP contribution in [0.3, 0.4) is 0 Å². The lowest BCUT2D eigenvalue weighted by atomic mass is 9.94. The highest BCUT2D eigenvalue weighted by molar-refractivity contribution is 5.98. The van der Waals surface area contributed by atoms with Crippen LogP contribution in [0.1, 0.15) is 53.0 Å². The summed E-state index contributed by atoms with van der Waals surface area (Å²) in [5.41, 5.74) is 8.22. The Morgan fingerprint density at radius 1 is 0.400 bits per heavy atom. The van der Waals surface area contributed by atoms with Gasteiger partial charge < -0.3 is 28.4 Å². The SMILES string of the molecule is COc1cccc(-c2cccc([C@H]3N=C(CC4=N[C@H](c5cccc(-c6cccc(OC)c6)c5)C(c5cccc(OC)c5)O4)OC3c3cccc(OC)c3)c2)c1. The van der Waals surface area contributed by atoms with Crippen LogP contribution < -0.4 is 18.9 Å². The van der Waals surface area contributed by atoms with Crippen molar-refractivity contribution in [3.8, 4) is 45.3 Å². The zero-order valence-corrected chi connectivity index (χ0v) is 31.2. The van der Waals surface area contributed by atoms with Crippen LogP contribution in [0.25, 0.3) is 22.3 Å². The lowest BCUT2D eigenvalue weighted by Gasteiger charge is -2.20. The first-order chi connectivity index (χ1) is 27.0. The van der Waals surface area contributed by atoms with Crippen LogP contribution in [0.4, 0.5) is 0 Å². The van der Waals surface area contributed by atoms with Crippen molar-refractivity contribution >= 4 is 11.8 Å². The van der Waals surface area contributed by atoms with Crippen molar-refractivity contribution in [3.05, 3.63) is 168 Å². The van der Waals surface area contributed by atoms with Gasteiger partial charge in [-0.1, -0.05) is 84.9 Å². The summed E-state index contributed by atoms with van der Waals surface area (Å²) in [6, 6.07) is 48.3. The Balaban J connectivity index is 1.14. The largest absolute Gasteiger partial charge is 0.497 e. The molecule has 6 aromatic rings. The van der Waals surface area contributed by atoms with Crippen LogP contribution in [0.15, 0.2) is 156 Å². The Kier molecular flexibility index (Phi) is 10.2. The summed E-state index contributed by atoms with van der Waals surface area (Å²) >= 11 is 0. The average Bonchev–Trinajstić information content (AvgIpc) is 3.89. The lowest BCUT2D eigenvalue weighted by molar-refractivity contribution is 0.182. The molecule has 0 N–H and O–H groups in total. The van der Waals surface area contributed by atoms with Gasteiger partial charge in [0.1, 0.15) is 35.1 Å². The Bertz CT molecular complexity index is 2210. The van der Waals surface area contributed by atoms with Crippen molar-refractivity contribution in [2.45, 2.75) is 30.7 Å². The molecule has 0 aromatic heterocycles. The summed E-state index contributed by atoms with van der Waals surface area (Å²) in [4.78, 5) is 10.5. The van der Waals surface area contributed by atoms with Crippen LogP contribution in [0.5, 0.6) is 23.0 Å². The molecule has 55 heavy (non-hydrogen) atoms. The predicted molar refractivity (Wildman–Crippen MR) is 215 cm³/mol. The molecular formula is C47H42N2O6. The number of ether oxygens (including phenoxy) is 6. The first-order valence-electron chi connectivity index (χ1n) is 18.2. The van der Waals surface area contributed by atoms with Gasteiger partial charge in [-0.05, 0) is 105 Å². The van der Waals surface area contributed by atoms with Crippen molar-refractivity contribution in [1.29, 1.82) is 0 Å². The van der Waals surface area contributed by atoms with Gasteiger partial charge in [-0.3, -0.25) is 0 Å². The van der Waals surface area contributed by atoms with Gasteiger partial charge in [0, 0.05) is 0 Å². The third kappa shape index (κ3) is 7.62. The van der Waals surface area contributed by atoms with Crippen molar-refractivity contribution in [2.75, 3.05) is 28.4 Å². The van der Waals surface area contributed by atoms with Crippen molar-refractivity contribution in [2.24, 2.45) is 9.98 Å². The second-order valence-corrected chi connectivity index (χ2v) is 13.5. The number of hydrogen-bond acceptors (Lipinski definition) is 8. The number of rotatable bonds is 12. The highest BCUT2D eigenvalue weighted by Gasteiger charge is 2.38. The van der Waals surface area contributed by atoms with E-state index in [9.17, 15) is 0 Å². The van der Waals surface area contributed by atoms with Crippen LogP contribution in [-0.4, -0.2) is 40.2 Å². The van der Waals surface area contributed by atoms with E-state index in [0.29, 0.717) is 18.2 Å². The average molecular weight is 731 g/mol. The van der Waals surface area contributed by atoms with Gasteiger partial charge in [0.05, 0.1) is 34.9 Å². The molecule has 0 radical (unpaired) electrons. The van der Waals surface area contributed by atoms with Crippen LogP contribution >= 0.6 is 0 Å². The molecule has 2 heterocycles. The number of methoxy groups -OCH3 is 4. The van der Waals surface area contributed by atoms with E-state index in [1.807, 2.05) is 72.8 Å². The Hall–Kier alpha value is -6.54. The van der Waals surface area contributed by atoms with Gasteiger partial charge >= 0.3 is 0 Å². The minimum atomic E-state index is -0.391. The first-order valence-corrected chi connectivity index (χ1v) is 18.2. The van der Waals surface area contributed by atoms with Crippen molar-refractivity contribution in [3.63, 3.8) is 0 Å². The van der Waals surface area contributed by atoms with Gasteiger partial charge in [-0.2, -0.15) is 0 Å². The zero-order valence-electron chi connectivity index (χ0n) is 31.2. The van der Waals surface area contributed by atoms with Crippen LogP contribution in [0, 0.1) is 0 Å². The topological polar surface area (TPSA) is 80.1 Å². The molecule has 0 saturated heterocycles. The zero-order chi connectivity index (χ0) is 37.7. The maximum Gasteiger partial charge on any atom is 0.194 e. The third-order valence-electron chi connectivity index (χ3n) is 10.1. The number of aliphatic imine (C=N–C) groups is 2. The molecular weight excluding hydrogens is 689 g/mol. The van der Waals surface area contributed by atoms with E-state index in [1.54, 1.807) is 28.4 Å². The molecule has 8 rings (SSSR count). The molecule has 2 aliphatic rings. The first kappa shape index (κ1) is 35.5. The van der Waals surface area contributed by atoms with Crippen LogP contribution in [0.2, 0.25) is 0 Å². The quantitative estimate of drug-likeness (QED) is 0.125. The van der Waals surface area contributed by atoms with Gasteiger partial charge in [-0.25, -0.2) is 9.98 Å². The smallest absolute Gasteiger partial charge is 0.194 e. The monoisotopic (exact) mass is 730 g/mol. The summed E-state index contributed by atoms with van der Waals surface area (Å²) in [5, 5.41) is 0. The highest BCUT2D eigenvalue weighted by atomic mass is 16.5. The fourth-order valence-electron chi connectivity index (χ4n) is 7.28. The fraction of sp³-hybridized carbons (Fsp3) is 0.191. The summed E-state index contributed by atoms with van der Waals surface area (Å²) < 4.78 is 35.7. The molecule has 0 spiro atoms. The second kappa shape index (κ2) is 15.8. The van der Waals surface area contributed by atoms with E-state index in [1.165, 1.54) is 0 Å². The molecule has 0 bridgehead atoms. The van der Waals surface area contributed by atoms with E-state index in [0.717, 1.165) is 67.5 Å². The second-order valence-electron chi connectivity index (χ2n) is 13.5. The van der Waals surface area contributed by atoms with E-state index < -0.39 is 12.2 Å².